The van der Waals surface area contributed by atoms with Gasteiger partial charge in [0, 0.05) is 41.7 Å². The summed E-state index contributed by atoms with van der Waals surface area (Å²) in [5, 5.41) is 4.71. The van der Waals surface area contributed by atoms with Crippen LogP contribution < -0.4 is 10.9 Å². The number of aryl methyl sites for hydroxylation is 3. The molecular weight excluding hydrogens is 432 g/mol. The molecule has 34 heavy (non-hydrogen) atoms. The first-order chi connectivity index (χ1) is 16.4. The molecular formula is C27H28N2O5. The molecule has 0 spiro atoms. The molecule has 1 N–H and O–H groups in total. The van der Waals surface area contributed by atoms with E-state index >= 15 is 0 Å². The van der Waals surface area contributed by atoms with Crippen LogP contribution >= 0.6 is 0 Å². The lowest BCUT2D eigenvalue weighted by atomic mass is 9.99. The minimum atomic E-state index is -0.494. The number of rotatable bonds is 5. The highest BCUT2D eigenvalue weighted by atomic mass is 16.5. The van der Waals surface area contributed by atoms with E-state index in [-0.39, 0.29) is 12.3 Å². The van der Waals surface area contributed by atoms with E-state index in [2.05, 4.69) is 10.2 Å². The van der Waals surface area contributed by atoms with E-state index < -0.39 is 5.63 Å². The van der Waals surface area contributed by atoms with Gasteiger partial charge in [-0.3, -0.25) is 9.69 Å². The maximum Gasteiger partial charge on any atom is 0.340 e. The van der Waals surface area contributed by atoms with Crippen molar-refractivity contribution >= 4 is 33.5 Å². The lowest BCUT2D eigenvalue weighted by Gasteiger charge is -2.26. The maximum atomic E-state index is 12.8. The lowest BCUT2D eigenvalue weighted by Crippen LogP contribution is -2.35. The minimum absolute atomic E-state index is 0.0545. The van der Waals surface area contributed by atoms with Crippen LogP contribution in [-0.4, -0.2) is 37.1 Å². The maximum absolute atomic E-state index is 12.8. The first kappa shape index (κ1) is 22.4. The van der Waals surface area contributed by atoms with Crippen LogP contribution in [0.15, 0.2) is 50.2 Å². The first-order valence-electron chi connectivity index (χ1n) is 11.5. The fourth-order valence-corrected chi connectivity index (χ4v) is 4.60. The molecule has 5 rings (SSSR count). The van der Waals surface area contributed by atoms with Crippen molar-refractivity contribution in [3.8, 4) is 0 Å². The third kappa shape index (κ3) is 4.24. The Morgan fingerprint density at radius 2 is 1.74 bits per heavy atom. The molecule has 3 heterocycles. The number of morpholine rings is 1. The van der Waals surface area contributed by atoms with Crippen LogP contribution in [0.1, 0.15) is 27.8 Å². The topological polar surface area (TPSA) is 84.9 Å². The number of furan rings is 1. The lowest BCUT2D eigenvalue weighted by molar-refractivity contribution is -0.115. The minimum Gasteiger partial charge on any atom is -0.464 e. The molecule has 7 heteroatoms. The molecule has 7 nitrogen and oxygen atoms in total. The Bertz CT molecular complexity index is 1430. The second-order valence-electron chi connectivity index (χ2n) is 8.98. The van der Waals surface area contributed by atoms with Gasteiger partial charge in [0.2, 0.25) is 5.91 Å². The summed E-state index contributed by atoms with van der Waals surface area (Å²) in [4.78, 5) is 27.9. The number of fused-ring (bicyclic) bond motifs is 2. The van der Waals surface area contributed by atoms with E-state index in [0.29, 0.717) is 16.8 Å². The van der Waals surface area contributed by atoms with E-state index in [9.17, 15) is 9.59 Å². The van der Waals surface area contributed by atoms with Gasteiger partial charge in [0.1, 0.15) is 11.2 Å². The average molecular weight is 461 g/mol. The number of ether oxygens (including phenoxy) is 1. The molecule has 0 saturated carbocycles. The molecule has 4 aromatic rings. The van der Waals surface area contributed by atoms with Gasteiger partial charge in [-0.25, -0.2) is 4.79 Å². The zero-order valence-corrected chi connectivity index (χ0v) is 19.7. The summed E-state index contributed by atoms with van der Waals surface area (Å²) in [6, 6.07) is 9.80. The average Bonchev–Trinajstić information content (AvgIpc) is 3.20. The normalized spacial score (nSPS) is 14.7. The fourth-order valence-electron chi connectivity index (χ4n) is 4.60. The predicted octanol–water partition coefficient (Wildman–Crippen LogP) is 4.48. The van der Waals surface area contributed by atoms with Crippen LogP contribution in [0.25, 0.3) is 21.9 Å². The number of anilines is 1. The highest BCUT2D eigenvalue weighted by Gasteiger charge is 2.19. The van der Waals surface area contributed by atoms with Crippen LogP contribution in [0.4, 0.5) is 5.69 Å². The largest absolute Gasteiger partial charge is 0.464 e. The van der Waals surface area contributed by atoms with Crippen LogP contribution in [0, 0.1) is 20.8 Å². The fraction of sp³-hybridized carbons (Fsp3) is 0.333. The van der Waals surface area contributed by atoms with E-state index in [1.54, 1.807) is 6.26 Å². The van der Waals surface area contributed by atoms with Crippen molar-refractivity contribution in [2.75, 3.05) is 31.6 Å². The molecule has 1 aliphatic heterocycles. The van der Waals surface area contributed by atoms with Crippen LogP contribution in [0.3, 0.4) is 0 Å². The summed E-state index contributed by atoms with van der Waals surface area (Å²) in [6.07, 6.45) is 1.64. The molecule has 1 amide bonds. The van der Waals surface area contributed by atoms with Crippen molar-refractivity contribution in [2.45, 2.75) is 33.7 Å². The van der Waals surface area contributed by atoms with Crippen molar-refractivity contribution in [3.63, 3.8) is 0 Å². The number of benzene rings is 2. The Hall–Kier alpha value is -3.42. The van der Waals surface area contributed by atoms with Crippen molar-refractivity contribution in [1.29, 1.82) is 0 Å². The molecule has 0 unspecified atom stereocenters. The smallest absolute Gasteiger partial charge is 0.340 e. The molecule has 1 fully saturated rings. The quantitative estimate of drug-likeness (QED) is 0.442. The van der Waals surface area contributed by atoms with Gasteiger partial charge in [-0.15, -0.1) is 0 Å². The van der Waals surface area contributed by atoms with E-state index in [1.165, 1.54) is 5.56 Å². The zero-order chi connectivity index (χ0) is 23.8. The van der Waals surface area contributed by atoms with Gasteiger partial charge in [-0.1, -0.05) is 12.1 Å². The van der Waals surface area contributed by atoms with Gasteiger partial charge in [-0.05, 0) is 55.7 Å². The summed E-state index contributed by atoms with van der Waals surface area (Å²) in [5.41, 5.74) is 5.54. The van der Waals surface area contributed by atoms with Crippen LogP contribution in [0.2, 0.25) is 0 Å². The molecule has 0 radical (unpaired) electrons. The van der Waals surface area contributed by atoms with E-state index in [0.717, 1.165) is 65.9 Å². The number of nitrogens with one attached hydrogen (secondary N) is 1. The first-order valence-corrected chi connectivity index (χ1v) is 11.5. The van der Waals surface area contributed by atoms with Gasteiger partial charge >= 0.3 is 5.63 Å². The molecule has 0 bridgehead atoms. The van der Waals surface area contributed by atoms with Crippen molar-refractivity contribution in [3.05, 3.63) is 74.8 Å². The van der Waals surface area contributed by atoms with E-state index in [4.69, 9.17) is 13.6 Å². The van der Waals surface area contributed by atoms with Crippen molar-refractivity contribution in [2.24, 2.45) is 0 Å². The molecule has 2 aromatic heterocycles. The molecule has 0 aliphatic carbocycles. The summed E-state index contributed by atoms with van der Waals surface area (Å²) in [7, 11) is 0. The third-order valence-corrected chi connectivity index (χ3v) is 6.62. The van der Waals surface area contributed by atoms with Gasteiger partial charge < -0.3 is 18.9 Å². The Kier molecular flexibility index (Phi) is 5.98. The Balaban J connectivity index is 1.34. The number of carbonyl (C=O) groups excluding carboxylic acids is 1. The molecule has 1 saturated heterocycles. The Labute approximate surface area is 197 Å². The van der Waals surface area contributed by atoms with Crippen LogP contribution in [-0.2, 0) is 22.5 Å². The molecule has 176 valence electrons. The molecule has 0 atom stereocenters. The summed E-state index contributed by atoms with van der Waals surface area (Å²) >= 11 is 0. The Morgan fingerprint density at radius 3 is 2.47 bits per heavy atom. The van der Waals surface area contributed by atoms with Crippen molar-refractivity contribution in [1.82, 2.24) is 4.90 Å². The highest BCUT2D eigenvalue weighted by molar-refractivity contribution is 6.00. The Morgan fingerprint density at radius 1 is 1.00 bits per heavy atom. The number of hydrogen-bond acceptors (Lipinski definition) is 6. The monoisotopic (exact) mass is 460 g/mol. The van der Waals surface area contributed by atoms with Crippen LogP contribution in [0.5, 0.6) is 0 Å². The predicted molar refractivity (Wildman–Crippen MR) is 131 cm³/mol. The van der Waals surface area contributed by atoms with E-state index in [1.807, 2.05) is 51.1 Å². The summed E-state index contributed by atoms with van der Waals surface area (Å²) in [5.74, 6) is -0.257. The van der Waals surface area contributed by atoms with Gasteiger partial charge in [0.25, 0.3) is 0 Å². The highest BCUT2D eigenvalue weighted by Crippen LogP contribution is 2.32. The number of nitrogens with zero attached hydrogens (tertiary/aromatic N) is 1. The number of carbonyl (C=O) groups is 1. The van der Waals surface area contributed by atoms with Gasteiger partial charge in [0.15, 0.2) is 0 Å². The van der Waals surface area contributed by atoms with Crippen molar-refractivity contribution < 1.29 is 18.4 Å². The summed E-state index contributed by atoms with van der Waals surface area (Å²) < 4.78 is 16.7. The molecule has 1 aliphatic rings. The third-order valence-electron chi connectivity index (χ3n) is 6.62. The number of amides is 1. The standard InChI is InChI=1S/C27H28N2O5/c1-16-15-33-25-18(3)26-22(12-21(16)25)17(2)23(27(31)34-26)13-24(30)28-20-6-4-19(5-7-20)14-29-8-10-32-11-9-29/h4-7,12,15H,8-11,13-14H2,1-3H3,(H,28,30). The molecule has 2 aromatic carbocycles. The summed E-state index contributed by atoms with van der Waals surface area (Å²) in [6.45, 7) is 9.97. The van der Waals surface area contributed by atoms with Gasteiger partial charge in [-0.2, -0.15) is 0 Å². The number of hydrogen-bond donors (Lipinski definition) is 1. The van der Waals surface area contributed by atoms with Gasteiger partial charge in [0.05, 0.1) is 31.5 Å². The second-order valence-corrected chi connectivity index (χ2v) is 8.98. The second kappa shape index (κ2) is 9.08. The SMILES string of the molecule is Cc1coc2c(C)c3oc(=O)c(CC(=O)Nc4ccc(CN5CCOCC5)cc4)c(C)c3cc12. The zero-order valence-electron chi connectivity index (χ0n) is 19.7.